The van der Waals surface area contributed by atoms with Gasteiger partial charge in [0.15, 0.2) is 0 Å². The van der Waals surface area contributed by atoms with Gasteiger partial charge in [0.25, 0.3) is 0 Å². The minimum atomic E-state index is -1.44. The first-order chi connectivity index (χ1) is 16.2. The molecule has 8 nitrogen and oxygen atoms in total. The molecule has 2 aromatic carbocycles. The highest BCUT2D eigenvalue weighted by molar-refractivity contribution is 6.31. The second-order valence-electron chi connectivity index (χ2n) is 9.23. The Balaban J connectivity index is 1.55. The van der Waals surface area contributed by atoms with Crippen molar-refractivity contribution in [3.63, 3.8) is 0 Å². The van der Waals surface area contributed by atoms with Crippen LogP contribution in [0.3, 0.4) is 0 Å². The Labute approximate surface area is 201 Å². The highest BCUT2D eigenvalue weighted by Gasteiger charge is 2.70. The topological polar surface area (TPSA) is 122 Å². The Morgan fingerprint density at radius 2 is 1.88 bits per heavy atom. The van der Waals surface area contributed by atoms with Crippen LogP contribution in [0.25, 0.3) is 0 Å². The highest BCUT2D eigenvalue weighted by Crippen LogP contribution is 2.54. The quantitative estimate of drug-likeness (QED) is 0.545. The summed E-state index contributed by atoms with van der Waals surface area (Å²) in [7, 11) is 0. The zero-order chi connectivity index (χ0) is 24.2. The number of nitrogens with two attached hydrogens (primary N) is 1. The van der Waals surface area contributed by atoms with Crippen molar-refractivity contribution in [3.05, 3.63) is 64.2 Å². The summed E-state index contributed by atoms with van der Waals surface area (Å²) < 4.78 is 0. The van der Waals surface area contributed by atoms with Gasteiger partial charge >= 0.3 is 0 Å². The maximum Gasteiger partial charge on any atom is 0.250 e. The molecule has 3 heterocycles. The van der Waals surface area contributed by atoms with Crippen LogP contribution < -0.4 is 16.4 Å². The molecule has 4 amide bonds. The number of hydrogen-bond donors (Lipinski definition) is 3. The Morgan fingerprint density at radius 1 is 1.15 bits per heavy atom. The summed E-state index contributed by atoms with van der Waals surface area (Å²) in [6, 6.07) is 12.4. The molecule has 0 radical (unpaired) electrons. The van der Waals surface area contributed by atoms with Crippen molar-refractivity contribution in [2.75, 3.05) is 11.9 Å². The molecule has 0 aromatic heterocycles. The van der Waals surface area contributed by atoms with E-state index in [1.54, 1.807) is 12.1 Å². The zero-order valence-corrected chi connectivity index (χ0v) is 19.4. The smallest absolute Gasteiger partial charge is 0.250 e. The molecule has 0 bridgehead atoms. The second-order valence-corrected chi connectivity index (χ2v) is 9.67. The summed E-state index contributed by atoms with van der Waals surface area (Å²) in [5.41, 5.74) is 6.86. The predicted molar refractivity (Wildman–Crippen MR) is 126 cm³/mol. The van der Waals surface area contributed by atoms with Crippen LogP contribution >= 0.6 is 11.6 Å². The number of amides is 4. The Kier molecular flexibility index (Phi) is 5.45. The zero-order valence-electron chi connectivity index (χ0n) is 18.6. The third kappa shape index (κ3) is 3.32. The fourth-order valence-electron chi connectivity index (χ4n) is 5.75. The van der Waals surface area contributed by atoms with E-state index in [1.165, 1.54) is 4.90 Å². The molecule has 3 aliphatic rings. The lowest BCUT2D eigenvalue weighted by Crippen LogP contribution is -2.53. The Hall–Kier alpha value is -3.23. The number of carbonyl (C=O) groups is 4. The number of fused-ring (bicyclic) bond motifs is 4. The molecule has 34 heavy (non-hydrogen) atoms. The van der Waals surface area contributed by atoms with Gasteiger partial charge < -0.3 is 11.1 Å². The number of carbonyl (C=O) groups excluding carboxylic acids is 4. The van der Waals surface area contributed by atoms with Gasteiger partial charge in [-0.3, -0.25) is 29.4 Å². The van der Waals surface area contributed by atoms with Crippen LogP contribution in [-0.4, -0.2) is 41.1 Å². The van der Waals surface area contributed by atoms with Crippen molar-refractivity contribution in [2.45, 2.75) is 37.8 Å². The number of imide groups is 1. The number of benzene rings is 2. The van der Waals surface area contributed by atoms with Gasteiger partial charge in [-0.15, -0.1) is 0 Å². The standard InChI is InChI=1S/C25H25ClN4O4/c1-13-11-15(26)12-16-21(13)28-24(34)25(16)20-19(17(29-25)7-8-18(27)31)22(32)30(23(20)33)10-9-14-5-3-2-4-6-14/h2-6,11-12,17,19-20,29H,7-10H2,1H3,(H2,27,31)(H,28,34). The molecule has 0 saturated carbocycles. The van der Waals surface area contributed by atoms with E-state index in [9.17, 15) is 19.2 Å². The largest absolute Gasteiger partial charge is 0.370 e. The number of rotatable bonds is 6. The van der Waals surface area contributed by atoms with Crippen LogP contribution in [0.5, 0.6) is 0 Å². The third-order valence-electron chi connectivity index (χ3n) is 7.25. The molecule has 0 aliphatic carbocycles. The molecule has 1 spiro atoms. The molecule has 2 fully saturated rings. The number of hydrogen-bond acceptors (Lipinski definition) is 5. The average Bonchev–Trinajstić information content (AvgIpc) is 3.37. The number of primary amides is 1. The van der Waals surface area contributed by atoms with Gasteiger partial charge in [-0.2, -0.15) is 0 Å². The summed E-state index contributed by atoms with van der Waals surface area (Å²) in [5.74, 6) is -3.33. The van der Waals surface area contributed by atoms with E-state index >= 15 is 0 Å². The molecule has 2 saturated heterocycles. The van der Waals surface area contributed by atoms with Gasteiger partial charge in [0, 0.05) is 35.3 Å². The molecule has 4 unspecified atom stereocenters. The lowest BCUT2D eigenvalue weighted by atomic mass is 9.76. The molecular weight excluding hydrogens is 456 g/mol. The van der Waals surface area contributed by atoms with Gasteiger partial charge in [-0.25, -0.2) is 0 Å². The van der Waals surface area contributed by atoms with E-state index < -0.39 is 35.2 Å². The molecular formula is C25H25ClN4O4. The predicted octanol–water partition coefficient (Wildman–Crippen LogP) is 1.88. The maximum atomic E-state index is 13.7. The molecule has 3 aliphatic heterocycles. The number of anilines is 1. The van der Waals surface area contributed by atoms with Crippen molar-refractivity contribution in [1.29, 1.82) is 0 Å². The fourth-order valence-corrected chi connectivity index (χ4v) is 6.02. The number of likely N-dealkylation sites (tertiary alicyclic amines) is 1. The molecule has 4 N–H and O–H groups in total. The first-order valence-corrected chi connectivity index (χ1v) is 11.7. The van der Waals surface area contributed by atoms with Gasteiger partial charge in [-0.05, 0) is 43.0 Å². The van der Waals surface area contributed by atoms with Crippen LogP contribution in [0.1, 0.15) is 29.5 Å². The molecule has 9 heteroatoms. The average molecular weight is 481 g/mol. The molecule has 5 rings (SSSR count). The SMILES string of the molecule is Cc1cc(Cl)cc2c1NC(=O)C21NC(CCC(N)=O)C2C(=O)N(CCc3ccccc3)C(=O)C21. The van der Waals surface area contributed by atoms with Crippen molar-refractivity contribution < 1.29 is 19.2 Å². The molecule has 4 atom stereocenters. The highest BCUT2D eigenvalue weighted by atomic mass is 35.5. The number of nitrogens with one attached hydrogen (secondary N) is 2. The summed E-state index contributed by atoms with van der Waals surface area (Å²) in [5, 5.41) is 6.62. The number of nitrogens with zero attached hydrogens (tertiary/aromatic N) is 1. The van der Waals surface area contributed by atoms with E-state index in [0.29, 0.717) is 22.7 Å². The van der Waals surface area contributed by atoms with Crippen LogP contribution in [0.4, 0.5) is 5.69 Å². The van der Waals surface area contributed by atoms with Gasteiger partial charge in [0.05, 0.1) is 11.8 Å². The van der Waals surface area contributed by atoms with Crippen LogP contribution in [-0.2, 0) is 31.1 Å². The van der Waals surface area contributed by atoms with E-state index in [0.717, 1.165) is 11.1 Å². The molecule has 2 aromatic rings. The normalized spacial score (nSPS) is 27.3. The van der Waals surface area contributed by atoms with Gasteiger partial charge in [0.2, 0.25) is 23.6 Å². The van der Waals surface area contributed by atoms with E-state index in [4.69, 9.17) is 17.3 Å². The van der Waals surface area contributed by atoms with Crippen molar-refractivity contribution >= 4 is 40.9 Å². The van der Waals surface area contributed by atoms with Crippen molar-refractivity contribution in [2.24, 2.45) is 17.6 Å². The molecule has 176 valence electrons. The van der Waals surface area contributed by atoms with E-state index in [-0.39, 0.29) is 31.2 Å². The fraction of sp³-hybridized carbons (Fsp3) is 0.360. The second kappa shape index (κ2) is 8.21. The van der Waals surface area contributed by atoms with Crippen LogP contribution in [0, 0.1) is 18.8 Å². The first kappa shape index (κ1) is 22.6. The Morgan fingerprint density at radius 3 is 2.59 bits per heavy atom. The summed E-state index contributed by atoms with van der Waals surface area (Å²) >= 11 is 6.34. The Bertz CT molecular complexity index is 1220. The van der Waals surface area contributed by atoms with Crippen LogP contribution in [0.15, 0.2) is 42.5 Å². The number of aryl methyl sites for hydroxylation is 1. The van der Waals surface area contributed by atoms with E-state index in [1.807, 2.05) is 37.3 Å². The monoisotopic (exact) mass is 480 g/mol. The van der Waals surface area contributed by atoms with Gasteiger partial charge in [-0.1, -0.05) is 41.9 Å². The van der Waals surface area contributed by atoms with Crippen LogP contribution in [0.2, 0.25) is 5.02 Å². The third-order valence-corrected chi connectivity index (χ3v) is 7.46. The summed E-state index contributed by atoms with van der Waals surface area (Å²) in [6.07, 6.45) is 0.787. The van der Waals surface area contributed by atoms with Crippen molar-refractivity contribution in [1.82, 2.24) is 10.2 Å². The minimum absolute atomic E-state index is 0.0332. The summed E-state index contributed by atoms with van der Waals surface area (Å²) in [6.45, 7) is 2.05. The van der Waals surface area contributed by atoms with Crippen molar-refractivity contribution in [3.8, 4) is 0 Å². The lowest BCUT2D eigenvalue weighted by Gasteiger charge is -2.29. The minimum Gasteiger partial charge on any atom is -0.370 e. The van der Waals surface area contributed by atoms with Gasteiger partial charge in [0.1, 0.15) is 5.54 Å². The lowest BCUT2D eigenvalue weighted by molar-refractivity contribution is -0.142. The maximum absolute atomic E-state index is 13.7. The number of halogens is 1. The first-order valence-electron chi connectivity index (χ1n) is 11.3. The summed E-state index contributed by atoms with van der Waals surface area (Å²) in [4.78, 5) is 53.6. The van der Waals surface area contributed by atoms with E-state index in [2.05, 4.69) is 10.6 Å².